The van der Waals surface area contributed by atoms with Gasteiger partial charge in [0, 0.05) is 0 Å². The molecule has 0 spiro atoms. The molecule has 0 atom stereocenters. The number of hydrogen-bond donors (Lipinski definition) is 1. The monoisotopic (exact) mass is 282 g/mol. The molecule has 0 bridgehead atoms. The molecule has 2 rings (SSSR count). The van der Waals surface area contributed by atoms with Gasteiger partial charge in [-0.1, -0.05) is 19.3 Å². The fourth-order valence-electron chi connectivity index (χ4n) is 2.32. The van der Waals surface area contributed by atoms with E-state index < -0.39 is 21.4 Å². The third kappa shape index (κ3) is 3.11. The maximum absolute atomic E-state index is 12.8. The van der Waals surface area contributed by atoms with E-state index in [0.29, 0.717) is 12.8 Å². The van der Waals surface area contributed by atoms with Crippen LogP contribution in [0.1, 0.15) is 32.1 Å². The number of nitrogens with one attached hydrogen (secondary N) is 1. The second-order valence-electron chi connectivity index (χ2n) is 4.81. The molecule has 0 saturated heterocycles. The lowest BCUT2D eigenvalue weighted by Gasteiger charge is -2.31. The maximum atomic E-state index is 12.8. The highest BCUT2D eigenvalue weighted by Crippen LogP contribution is 2.29. The fraction of sp³-hybridized carbons (Fsp3) is 0.462. The van der Waals surface area contributed by atoms with E-state index in [0.717, 1.165) is 31.4 Å². The highest BCUT2D eigenvalue weighted by Gasteiger charge is 2.36. The Labute approximate surface area is 112 Å². The molecule has 1 aliphatic carbocycles. The van der Waals surface area contributed by atoms with E-state index in [4.69, 9.17) is 0 Å². The van der Waals surface area contributed by atoms with Gasteiger partial charge in [-0.3, -0.25) is 0 Å². The molecule has 19 heavy (non-hydrogen) atoms. The van der Waals surface area contributed by atoms with Gasteiger partial charge in [-0.25, -0.2) is 12.8 Å². The van der Waals surface area contributed by atoms with Crippen LogP contribution < -0.4 is 4.72 Å². The molecule has 1 aromatic rings. The molecule has 1 N–H and O–H groups in total. The van der Waals surface area contributed by atoms with Crippen LogP contribution >= 0.6 is 0 Å². The van der Waals surface area contributed by atoms with Gasteiger partial charge in [0.2, 0.25) is 10.0 Å². The Hall–Kier alpha value is -1.45. The summed E-state index contributed by atoms with van der Waals surface area (Å²) in [6, 6.07) is 6.67. The van der Waals surface area contributed by atoms with Gasteiger partial charge < -0.3 is 0 Å². The van der Waals surface area contributed by atoms with Crippen molar-refractivity contribution >= 4 is 10.0 Å². The first-order chi connectivity index (χ1) is 8.97. The number of rotatable bonds is 3. The molecule has 6 heteroatoms. The van der Waals surface area contributed by atoms with E-state index >= 15 is 0 Å². The average molecular weight is 282 g/mol. The minimum absolute atomic E-state index is 0.0194. The van der Waals surface area contributed by atoms with Crippen LogP contribution in [0.3, 0.4) is 0 Å². The molecule has 1 aliphatic rings. The molecule has 0 radical (unpaired) electrons. The zero-order chi connectivity index (χ0) is 13.9. The minimum atomic E-state index is -3.79. The lowest BCUT2D eigenvalue weighted by molar-refractivity contribution is 0.338. The van der Waals surface area contributed by atoms with Crippen LogP contribution in [0.15, 0.2) is 29.2 Å². The highest BCUT2D eigenvalue weighted by atomic mass is 32.2. The van der Waals surface area contributed by atoms with E-state index in [1.807, 2.05) is 0 Å². The molecule has 1 aromatic carbocycles. The van der Waals surface area contributed by atoms with Crippen molar-refractivity contribution in [3.8, 4) is 6.07 Å². The van der Waals surface area contributed by atoms with Crippen molar-refractivity contribution in [2.45, 2.75) is 42.5 Å². The van der Waals surface area contributed by atoms with Crippen LogP contribution in [0.4, 0.5) is 4.39 Å². The largest absolute Gasteiger partial charge is 0.241 e. The van der Waals surface area contributed by atoms with Crippen LogP contribution in [0.2, 0.25) is 0 Å². The zero-order valence-electron chi connectivity index (χ0n) is 10.4. The Kier molecular flexibility index (Phi) is 3.88. The Morgan fingerprint density at radius 1 is 1.16 bits per heavy atom. The van der Waals surface area contributed by atoms with Crippen LogP contribution in [0, 0.1) is 17.1 Å². The molecule has 0 heterocycles. The van der Waals surface area contributed by atoms with Crippen molar-refractivity contribution in [3.63, 3.8) is 0 Å². The van der Waals surface area contributed by atoms with E-state index in [2.05, 4.69) is 10.8 Å². The summed E-state index contributed by atoms with van der Waals surface area (Å²) in [4.78, 5) is -0.0194. The van der Waals surface area contributed by atoms with Gasteiger partial charge in [-0.2, -0.15) is 9.98 Å². The van der Waals surface area contributed by atoms with Crippen molar-refractivity contribution in [2.75, 3.05) is 0 Å². The summed E-state index contributed by atoms with van der Waals surface area (Å²) in [5, 5.41) is 9.26. The fourth-order valence-corrected chi connectivity index (χ4v) is 3.70. The van der Waals surface area contributed by atoms with Crippen molar-refractivity contribution in [3.05, 3.63) is 30.1 Å². The van der Waals surface area contributed by atoms with Gasteiger partial charge in [-0.05, 0) is 37.1 Å². The molecule has 0 aliphatic heterocycles. The maximum Gasteiger partial charge on any atom is 0.241 e. The number of benzene rings is 1. The third-order valence-corrected chi connectivity index (χ3v) is 4.93. The van der Waals surface area contributed by atoms with Crippen molar-refractivity contribution in [2.24, 2.45) is 0 Å². The minimum Gasteiger partial charge on any atom is -0.207 e. The quantitative estimate of drug-likeness (QED) is 0.925. The highest BCUT2D eigenvalue weighted by molar-refractivity contribution is 7.89. The Morgan fingerprint density at radius 2 is 1.74 bits per heavy atom. The molecule has 1 fully saturated rings. The second-order valence-corrected chi connectivity index (χ2v) is 6.50. The van der Waals surface area contributed by atoms with E-state index in [9.17, 15) is 18.1 Å². The van der Waals surface area contributed by atoms with Gasteiger partial charge in [-0.15, -0.1) is 0 Å². The van der Waals surface area contributed by atoms with E-state index in [-0.39, 0.29) is 4.90 Å². The molecule has 1 saturated carbocycles. The summed E-state index contributed by atoms with van der Waals surface area (Å²) in [7, 11) is -3.79. The lowest BCUT2D eigenvalue weighted by Crippen LogP contribution is -2.48. The first-order valence-corrected chi connectivity index (χ1v) is 7.67. The van der Waals surface area contributed by atoms with Gasteiger partial charge in [0.25, 0.3) is 0 Å². The Balaban J connectivity index is 2.25. The third-order valence-electron chi connectivity index (χ3n) is 3.37. The normalized spacial score (nSPS) is 18.7. The number of halogens is 1. The second kappa shape index (κ2) is 5.27. The summed E-state index contributed by atoms with van der Waals surface area (Å²) < 4.78 is 39.7. The van der Waals surface area contributed by atoms with Gasteiger partial charge in [0.1, 0.15) is 11.4 Å². The number of nitriles is 1. The molecule has 102 valence electrons. The number of nitrogens with zero attached hydrogens (tertiary/aromatic N) is 1. The first kappa shape index (κ1) is 14.0. The molecular weight excluding hydrogens is 267 g/mol. The molecule has 0 unspecified atom stereocenters. The first-order valence-electron chi connectivity index (χ1n) is 6.18. The zero-order valence-corrected chi connectivity index (χ0v) is 11.2. The van der Waals surface area contributed by atoms with Crippen LogP contribution in [0.5, 0.6) is 0 Å². The predicted octanol–water partition coefficient (Wildman–Crippen LogP) is 2.33. The molecule has 4 nitrogen and oxygen atoms in total. The van der Waals surface area contributed by atoms with Gasteiger partial charge in [0.05, 0.1) is 11.0 Å². The van der Waals surface area contributed by atoms with Gasteiger partial charge in [0.15, 0.2) is 0 Å². The summed E-state index contributed by atoms with van der Waals surface area (Å²) in [5.74, 6) is -0.494. The summed E-state index contributed by atoms with van der Waals surface area (Å²) in [6.07, 6.45) is 3.72. The predicted molar refractivity (Wildman–Crippen MR) is 68.2 cm³/mol. The molecule has 0 amide bonds. The Morgan fingerprint density at radius 3 is 2.26 bits per heavy atom. The average Bonchev–Trinajstić information content (AvgIpc) is 2.40. The summed E-state index contributed by atoms with van der Waals surface area (Å²) in [6.45, 7) is 0. The van der Waals surface area contributed by atoms with Crippen molar-refractivity contribution in [1.29, 1.82) is 5.26 Å². The number of sulfonamides is 1. The van der Waals surface area contributed by atoms with Gasteiger partial charge >= 0.3 is 0 Å². The van der Waals surface area contributed by atoms with Crippen molar-refractivity contribution in [1.82, 2.24) is 4.72 Å². The smallest absolute Gasteiger partial charge is 0.207 e. The van der Waals surface area contributed by atoms with Crippen LogP contribution in [-0.2, 0) is 10.0 Å². The SMILES string of the molecule is N#CC1(NS(=O)(=O)c2ccc(F)cc2)CCCCC1. The number of hydrogen-bond acceptors (Lipinski definition) is 3. The topological polar surface area (TPSA) is 70.0 Å². The van der Waals surface area contributed by atoms with E-state index in [1.54, 1.807) is 0 Å². The molecule has 0 aromatic heterocycles. The lowest BCUT2D eigenvalue weighted by atomic mass is 9.84. The van der Waals surface area contributed by atoms with Crippen LogP contribution in [0.25, 0.3) is 0 Å². The van der Waals surface area contributed by atoms with E-state index in [1.165, 1.54) is 12.1 Å². The van der Waals surface area contributed by atoms with Crippen LogP contribution in [-0.4, -0.2) is 14.0 Å². The summed E-state index contributed by atoms with van der Waals surface area (Å²) in [5.41, 5.74) is -1.02. The summed E-state index contributed by atoms with van der Waals surface area (Å²) >= 11 is 0. The Bertz CT molecular complexity index is 584. The standard InChI is InChI=1S/C13H15FN2O2S/c14-11-4-6-12(7-5-11)19(17,18)16-13(10-15)8-2-1-3-9-13/h4-7,16H,1-3,8-9H2. The van der Waals surface area contributed by atoms with Crippen molar-refractivity contribution < 1.29 is 12.8 Å². The molecular formula is C13H15FN2O2S.